The highest BCUT2D eigenvalue weighted by molar-refractivity contribution is 5.60. The van der Waals surface area contributed by atoms with Crippen molar-refractivity contribution >= 4 is 0 Å². The van der Waals surface area contributed by atoms with Gasteiger partial charge in [-0.3, -0.25) is 4.57 Å². The smallest absolute Gasteiger partial charge is 0.187 e. The van der Waals surface area contributed by atoms with Crippen molar-refractivity contribution in [2.75, 3.05) is 7.11 Å². The second kappa shape index (κ2) is 14.3. The van der Waals surface area contributed by atoms with Crippen molar-refractivity contribution in [3.8, 4) is 23.0 Å². The summed E-state index contributed by atoms with van der Waals surface area (Å²) in [6, 6.07) is 11.8. The lowest BCUT2D eigenvalue weighted by Gasteiger charge is -2.15. The van der Waals surface area contributed by atoms with Crippen LogP contribution in [0.5, 0.6) is 5.75 Å². The zero-order chi connectivity index (χ0) is 22.4. The third-order valence-electron chi connectivity index (χ3n) is 3.59. The van der Waals surface area contributed by atoms with Gasteiger partial charge < -0.3 is 4.74 Å². The highest BCUT2D eigenvalue weighted by Gasteiger charge is 2.18. The van der Waals surface area contributed by atoms with Crippen molar-refractivity contribution in [3.05, 3.63) is 53.5 Å². The maximum Gasteiger partial charge on any atom is 0.187 e. The van der Waals surface area contributed by atoms with Gasteiger partial charge in [0.1, 0.15) is 17.3 Å². The van der Waals surface area contributed by atoms with Crippen LogP contribution in [-0.2, 0) is 0 Å². The van der Waals surface area contributed by atoms with Gasteiger partial charge in [-0.05, 0) is 44.5 Å². The summed E-state index contributed by atoms with van der Waals surface area (Å²) in [6.07, 6.45) is 1.25. The maximum atomic E-state index is 5.52. The molecule has 0 unspecified atom stereocenters. The van der Waals surface area contributed by atoms with E-state index in [-0.39, 0.29) is 0 Å². The maximum absolute atomic E-state index is 5.52. The molecule has 0 aliphatic heterocycles. The first kappa shape index (κ1) is 26.3. The second-order valence-electron chi connectivity index (χ2n) is 5.90. The van der Waals surface area contributed by atoms with E-state index in [9.17, 15) is 0 Å². The quantitative estimate of drug-likeness (QED) is 0.490. The molecule has 0 atom stereocenters. The van der Waals surface area contributed by atoms with Gasteiger partial charge in [0.05, 0.1) is 12.8 Å². The number of ether oxygens (including phenoxy) is 1. The Hall–Kier alpha value is -2.69. The fourth-order valence-electron chi connectivity index (χ4n) is 2.55. The Morgan fingerprint density at radius 3 is 2.00 bits per heavy atom. The molecule has 0 bridgehead atoms. The molecule has 2 aromatic heterocycles. The topological polar surface area (TPSA) is 52.8 Å². The number of aromatic nitrogens is 4. The van der Waals surface area contributed by atoms with Crippen LogP contribution in [-0.4, -0.2) is 26.9 Å². The number of pyridine rings is 1. The van der Waals surface area contributed by atoms with Crippen molar-refractivity contribution in [2.24, 2.45) is 0 Å². The van der Waals surface area contributed by atoms with E-state index in [2.05, 4.69) is 29.0 Å². The normalized spacial score (nSPS) is 9.17. The Kier molecular flexibility index (Phi) is 13.0. The molecule has 29 heavy (non-hydrogen) atoms. The highest BCUT2D eigenvalue weighted by Crippen LogP contribution is 2.30. The average molecular weight is 399 g/mol. The molecular formula is C24H38N4O. The van der Waals surface area contributed by atoms with Gasteiger partial charge in [-0.2, -0.15) is 0 Å². The number of benzene rings is 1. The van der Waals surface area contributed by atoms with Crippen LogP contribution in [0.3, 0.4) is 0 Å². The van der Waals surface area contributed by atoms with Crippen LogP contribution in [0.2, 0.25) is 0 Å². The van der Waals surface area contributed by atoms with E-state index in [1.54, 1.807) is 7.11 Å². The number of para-hydroxylation sites is 1. The summed E-state index contributed by atoms with van der Waals surface area (Å²) < 4.78 is 7.52. The van der Waals surface area contributed by atoms with Crippen LogP contribution in [0.15, 0.2) is 36.4 Å². The summed E-state index contributed by atoms with van der Waals surface area (Å²) in [6.45, 7) is 18.2. The van der Waals surface area contributed by atoms with E-state index in [1.807, 2.05) is 89.4 Å². The lowest BCUT2D eigenvalue weighted by Crippen LogP contribution is -2.05. The first-order valence-electron chi connectivity index (χ1n) is 10.5. The molecule has 0 N–H and O–H groups in total. The summed E-state index contributed by atoms with van der Waals surface area (Å²) >= 11 is 0. The fraction of sp³-hybridized carbons (Fsp3) is 0.458. The van der Waals surface area contributed by atoms with Gasteiger partial charge in [0.25, 0.3) is 0 Å². The van der Waals surface area contributed by atoms with Crippen molar-refractivity contribution in [1.29, 1.82) is 0 Å². The van der Waals surface area contributed by atoms with Crippen LogP contribution in [0.1, 0.15) is 65.0 Å². The monoisotopic (exact) mass is 398 g/mol. The predicted octanol–water partition coefficient (Wildman–Crippen LogP) is 6.73. The van der Waals surface area contributed by atoms with Gasteiger partial charge >= 0.3 is 0 Å². The zero-order valence-corrected chi connectivity index (χ0v) is 19.9. The first-order chi connectivity index (χ1) is 14.0. The van der Waals surface area contributed by atoms with Gasteiger partial charge in [-0.1, -0.05) is 66.2 Å². The van der Waals surface area contributed by atoms with Crippen LogP contribution in [0.25, 0.3) is 17.2 Å². The minimum absolute atomic E-state index is 0.716. The summed E-state index contributed by atoms with van der Waals surface area (Å²) in [5.41, 5.74) is 3.79. The number of methoxy groups -OCH3 is 1. The van der Waals surface area contributed by atoms with E-state index >= 15 is 0 Å². The molecule has 0 fully saturated rings. The molecule has 0 saturated heterocycles. The average Bonchev–Trinajstić information content (AvgIpc) is 3.12. The molecule has 160 valence electrons. The van der Waals surface area contributed by atoms with Gasteiger partial charge in [0, 0.05) is 5.69 Å². The number of hydrogen-bond acceptors (Lipinski definition) is 4. The lowest BCUT2D eigenvalue weighted by atomic mass is 10.1. The fourth-order valence-corrected chi connectivity index (χ4v) is 2.55. The van der Waals surface area contributed by atoms with Crippen LogP contribution >= 0.6 is 0 Å². The van der Waals surface area contributed by atoms with Gasteiger partial charge in [0.2, 0.25) is 0 Å². The van der Waals surface area contributed by atoms with Crippen molar-refractivity contribution < 1.29 is 4.74 Å². The second-order valence-corrected chi connectivity index (χ2v) is 5.90. The van der Waals surface area contributed by atoms with E-state index in [0.29, 0.717) is 5.82 Å². The summed E-state index contributed by atoms with van der Waals surface area (Å²) in [7, 11) is 1.67. The Labute approximate surface area is 177 Å². The first-order valence-corrected chi connectivity index (χ1v) is 10.5. The van der Waals surface area contributed by atoms with E-state index in [1.165, 1.54) is 6.42 Å². The Balaban J connectivity index is 0.00000100. The van der Waals surface area contributed by atoms with Crippen molar-refractivity contribution in [3.63, 3.8) is 0 Å². The van der Waals surface area contributed by atoms with Gasteiger partial charge in [-0.15, -0.1) is 10.2 Å². The number of rotatable bonds is 3. The van der Waals surface area contributed by atoms with Gasteiger partial charge in [-0.25, -0.2) is 4.98 Å². The third-order valence-corrected chi connectivity index (χ3v) is 3.59. The minimum Gasteiger partial charge on any atom is -0.495 e. The van der Waals surface area contributed by atoms with Crippen LogP contribution in [0.4, 0.5) is 0 Å². The molecule has 0 aliphatic carbocycles. The van der Waals surface area contributed by atoms with Gasteiger partial charge in [0.15, 0.2) is 5.82 Å². The van der Waals surface area contributed by atoms with Crippen LogP contribution < -0.4 is 4.74 Å². The standard InChI is InChI=1S/C17H18N4O.C3H8.2C2H6/c1-11-7-5-10-15(22-4)16(11)21-13(3)19-20-17(21)14-9-6-8-12(2)18-14;1-3-2;2*1-2/h5-10H,1-4H3;3H2,1-2H3;2*1-2H3. The summed E-state index contributed by atoms with van der Waals surface area (Å²) in [4.78, 5) is 4.56. The molecule has 0 radical (unpaired) electrons. The molecule has 5 heteroatoms. The molecule has 0 saturated carbocycles. The van der Waals surface area contributed by atoms with Crippen molar-refractivity contribution in [2.45, 2.75) is 68.7 Å². The molecule has 0 aliphatic rings. The SMILES string of the molecule is CC.CC.CCC.COc1cccc(C)c1-n1c(C)nnc1-c1cccc(C)n1. The number of nitrogens with zero attached hydrogens (tertiary/aromatic N) is 4. The molecule has 0 spiro atoms. The Bertz CT molecular complexity index is 841. The predicted molar refractivity (Wildman–Crippen MR) is 124 cm³/mol. The molecule has 2 heterocycles. The molecule has 5 nitrogen and oxygen atoms in total. The molecular weight excluding hydrogens is 360 g/mol. The minimum atomic E-state index is 0.716. The summed E-state index contributed by atoms with van der Waals surface area (Å²) in [5, 5.41) is 8.55. The highest BCUT2D eigenvalue weighted by atomic mass is 16.5. The van der Waals surface area contributed by atoms with E-state index in [4.69, 9.17) is 4.74 Å². The van der Waals surface area contributed by atoms with E-state index in [0.717, 1.165) is 34.2 Å². The summed E-state index contributed by atoms with van der Waals surface area (Å²) in [5.74, 6) is 2.30. The third kappa shape index (κ3) is 7.00. The number of hydrogen-bond donors (Lipinski definition) is 0. The van der Waals surface area contributed by atoms with Crippen LogP contribution in [0, 0.1) is 20.8 Å². The molecule has 0 amide bonds. The molecule has 3 rings (SSSR count). The largest absolute Gasteiger partial charge is 0.495 e. The van der Waals surface area contributed by atoms with E-state index < -0.39 is 0 Å². The van der Waals surface area contributed by atoms with Crippen molar-refractivity contribution in [1.82, 2.24) is 19.7 Å². The lowest BCUT2D eigenvalue weighted by molar-refractivity contribution is 0.412. The zero-order valence-electron chi connectivity index (χ0n) is 19.9. The Morgan fingerprint density at radius 1 is 0.862 bits per heavy atom. The molecule has 1 aromatic carbocycles. The molecule has 3 aromatic rings. The number of aryl methyl sites for hydroxylation is 3. The Morgan fingerprint density at radius 2 is 1.45 bits per heavy atom.